The van der Waals surface area contributed by atoms with E-state index in [4.69, 9.17) is 0 Å². The van der Waals surface area contributed by atoms with Crippen LogP contribution in [0.4, 0.5) is 13.2 Å². The SMILES string of the molecule is CC.CCC(C)C1CCCCC1.CCOC(C)=O.Cc1ccc(OC(F)(F)F)cc1C=O. The number of hydrogen-bond acceptors (Lipinski definition) is 4. The van der Waals surface area contributed by atoms with Crippen LogP contribution in [0, 0.1) is 18.8 Å². The highest BCUT2D eigenvalue weighted by Gasteiger charge is 2.31. The number of halogens is 3. The maximum Gasteiger partial charge on any atom is 0.573 e. The van der Waals surface area contributed by atoms with Crippen molar-refractivity contribution in [2.45, 2.75) is 93.4 Å². The summed E-state index contributed by atoms with van der Waals surface area (Å²) in [6.07, 6.45) is 4.64. The Morgan fingerprint density at radius 3 is 2.09 bits per heavy atom. The third kappa shape index (κ3) is 16.6. The van der Waals surface area contributed by atoms with Crippen molar-refractivity contribution in [3.63, 3.8) is 0 Å². The summed E-state index contributed by atoms with van der Waals surface area (Å²) >= 11 is 0. The molecule has 186 valence electrons. The minimum atomic E-state index is -4.73. The number of aryl methyl sites for hydroxylation is 1. The third-order valence-corrected chi connectivity index (χ3v) is 5.06. The van der Waals surface area contributed by atoms with E-state index in [1.165, 1.54) is 51.5 Å². The Balaban J connectivity index is 0. The van der Waals surface area contributed by atoms with E-state index in [0.717, 1.165) is 24.0 Å². The zero-order valence-corrected chi connectivity index (χ0v) is 20.7. The Kier molecular flexibility index (Phi) is 18.6. The predicted molar refractivity (Wildman–Crippen MR) is 123 cm³/mol. The second kappa shape index (κ2) is 18.5. The van der Waals surface area contributed by atoms with Gasteiger partial charge in [0.1, 0.15) is 12.0 Å². The van der Waals surface area contributed by atoms with Crippen LogP contribution in [0.2, 0.25) is 0 Å². The van der Waals surface area contributed by atoms with Gasteiger partial charge >= 0.3 is 12.3 Å². The van der Waals surface area contributed by atoms with Gasteiger partial charge in [-0.1, -0.05) is 72.3 Å². The van der Waals surface area contributed by atoms with Crippen molar-refractivity contribution in [1.29, 1.82) is 0 Å². The van der Waals surface area contributed by atoms with Crippen LogP contribution in [0.5, 0.6) is 5.75 Å². The van der Waals surface area contributed by atoms with Crippen molar-refractivity contribution < 1.29 is 32.2 Å². The van der Waals surface area contributed by atoms with Gasteiger partial charge in [0.25, 0.3) is 0 Å². The monoisotopic (exact) mass is 462 g/mol. The second-order valence-corrected chi connectivity index (χ2v) is 7.39. The van der Waals surface area contributed by atoms with E-state index in [9.17, 15) is 22.8 Å². The zero-order valence-electron chi connectivity index (χ0n) is 20.7. The normalized spacial score (nSPS) is 14.2. The molecule has 1 aliphatic carbocycles. The van der Waals surface area contributed by atoms with Crippen LogP contribution >= 0.6 is 0 Å². The standard InChI is InChI=1S/C10H20.C9H7F3O2.C4H8O2.C2H6/c1-3-9(2)10-7-5-4-6-8-10;1-6-2-3-8(4-7(6)5-13)14-9(10,11)12;1-3-6-4(2)5;1-2/h9-10H,3-8H2,1-2H3;2-5H,1H3;3H2,1-2H3;1-2H3. The van der Waals surface area contributed by atoms with Crippen LogP contribution in [-0.2, 0) is 9.53 Å². The molecule has 1 saturated carbocycles. The fraction of sp³-hybridized carbons (Fsp3) is 0.680. The summed E-state index contributed by atoms with van der Waals surface area (Å²) in [4.78, 5) is 20.2. The molecule has 2 rings (SSSR count). The Hall–Kier alpha value is -2.05. The fourth-order valence-electron chi connectivity index (χ4n) is 3.18. The highest BCUT2D eigenvalue weighted by molar-refractivity contribution is 5.77. The predicted octanol–water partition coefficient (Wildman–Crippen LogP) is 7.91. The first-order valence-electron chi connectivity index (χ1n) is 11.5. The Labute approximate surface area is 191 Å². The van der Waals surface area contributed by atoms with Crippen LogP contribution in [-0.4, -0.2) is 25.2 Å². The molecule has 1 atom stereocenters. The molecule has 0 heterocycles. The molecule has 0 radical (unpaired) electrons. The molecular formula is C25H41F3O4. The number of esters is 1. The lowest BCUT2D eigenvalue weighted by atomic mass is 9.80. The van der Waals surface area contributed by atoms with Crippen molar-refractivity contribution in [3.8, 4) is 5.75 Å². The van der Waals surface area contributed by atoms with Crippen molar-refractivity contribution >= 4 is 12.3 Å². The molecule has 1 fully saturated rings. The van der Waals surface area contributed by atoms with Gasteiger partial charge in [0, 0.05) is 12.5 Å². The van der Waals surface area contributed by atoms with E-state index in [2.05, 4.69) is 23.3 Å². The summed E-state index contributed by atoms with van der Waals surface area (Å²) in [5, 5.41) is 0. The van der Waals surface area contributed by atoms with Crippen molar-refractivity contribution in [3.05, 3.63) is 29.3 Å². The molecule has 0 aromatic heterocycles. The lowest BCUT2D eigenvalue weighted by Gasteiger charge is -2.26. The molecule has 7 heteroatoms. The van der Waals surface area contributed by atoms with Gasteiger partial charge < -0.3 is 9.47 Å². The van der Waals surface area contributed by atoms with Gasteiger partial charge in [-0.2, -0.15) is 0 Å². The van der Waals surface area contributed by atoms with E-state index < -0.39 is 6.36 Å². The highest BCUT2D eigenvalue weighted by Crippen LogP contribution is 2.31. The average Bonchev–Trinajstić information content (AvgIpc) is 2.76. The molecule has 0 aliphatic heterocycles. The molecule has 32 heavy (non-hydrogen) atoms. The summed E-state index contributed by atoms with van der Waals surface area (Å²) in [7, 11) is 0. The van der Waals surface area contributed by atoms with Gasteiger partial charge in [-0.25, -0.2) is 0 Å². The Bertz CT molecular complexity index is 624. The number of alkyl halides is 3. The first-order chi connectivity index (χ1) is 15.0. The molecule has 1 unspecified atom stereocenters. The highest BCUT2D eigenvalue weighted by atomic mass is 19.4. The smallest absolute Gasteiger partial charge is 0.466 e. The van der Waals surface area contributed by atoms with Crippen LogP contribution in [0.15, 0.2) is 18.2 Å². The zero-order chi connectivity index (χ0) is 25.2. The van der Waals surface area contributed by atoms with Crippen molar-refractivity contribution in [2.24, 2.45) is 11.8 Å². The number of benzene rings is 1. The van der Waals surface area contributed by atoms with Gasteiger partial charge in [-0.15, -0.1) is 13.2 Å². The number of carbonyl (C=O) groups excluding carboxylic acids is 2. The molecule has 0 saturated heterocycles. The van der Waals surface area contributed by atoms with Crippen LogP contribution in [0.3, 0.4) is 0 Å². The Morgan fingerprint density at radius 1 is 1.16 bits per heavy atom. The molecular weight excluding hydrogens is 421 g/mol. The van der Waals surface area contributed by atoms with E-state index in [1.54, 1.807) is 13.8 Å². The van der Waals surface area contributed by atoms with E-state index in [-0.39, 0.29) is 17.3 Å². The van der Waals surface area contributed by atoms with Crippen LogP contribution in [0.25, 0.3) is 0 Å². The summed E-state index contributed by atoms with van der Waals surface area (Å²) < 4.78 is 43.3. The van der Waals surface area contributed by atoms with Gasteiger partial charge in [0.05, 0.1) is 6.61 Å². The lowest BCUT2D eigenvalue weighted by Crippen LogP contribution is -2.17. The number of hydrogen-bond donors (Lipinski definition) is 0. The van der Waals surface area contributed by atoms with E-state index >= 15 is 0 Å². The molecule has 0 amide bonds. The molecule has 1 aliphatic rings. The number of rotatable bonds is 5. The van der Waals surface area contributed by atoms with Crippen molar-refractivity contribution in [1.82, 2.24) is 0 Å². The average molecular weight is 463 g/mol. The van der Waals surface area contributed by atoms with Gasteiger partial charge in [-0.3, -0.25) is 9.59 Å². The first kappa shape index (κ1) is 32.1. The maximum absolute atomic E-state index is 11.8. The van der Waals surface area contributed by atoms with Crippen LogP contribution < -0.4 is 4.74 Å². The summed E-state index contributed by atoms with van der Waals surface area (Å²) in [6.45, 7) is 14.0. The second-order valence-electron chi connectivity index (χ2n) is 7.39. The molecule has 0 bridgehead atoms. The maximum atomic E-state index is 11.8. The Morgan fingerprint density at radius 2 is 1.72 bits per heavy atom. The summed E-state index contributed by atoms with van der Waals surface area (Å²) in [5.41, 5.74) is 0.793. The summed E-state index contributed by atoms with van der Waals surface area (Å²) in [5.74, 6) is 1.46. The summed E-state index contributed by atoms with van der Waals surface area (Å²) in [6, 6.07) is 3.61. The number of aldehydes is 1. The molecule has 0 spiro atoms. The minimum absolute atomic E-state index is 0.187. The van der Waals surface area contributed by atoms with E-state index in [1.807, 2.05) is 13.8 Å². The third-order valence-electron chi connectivity index (χ3n) is 5.06. The molecule has 4 nitrogen and oxygen atoms in total. The number of ether oxygens (including phenoxy) is 2. The largest absolute Gasteiger partial charge is 0.573 e. The van der Waals surface area contributed by atoms with E-state index in [0.29, 0.717) is 18.5 Å². The lowest BCUT2D eigenvalue weighted by molar-refractivity contribution is -0.274. The molecule has 1 aromatic carbocycles. The molecule has 0 N–H and O–H groups in total. The minimum Gasteiger partial charge on any atom is -0.466 e. The van der Waals surface area contributed by atoms with Gasteiger partial charge in [0.2, 0.25) is 0 Å². The first-order valence-corrected chi connectivity index (χ1v) is 11.5. The molecule has 1 aromatic rings. The van der Waals surface area contributed by atoms with Gasteiger partial charge in [-0.05, 0) is 43.4 Å². The fourth-order valence-corrected chi connectivity index (χ4v) is 3.18. The van der Waals surface area contributed by atoms with Crippen LogP contribution in [0.1, 0.15) is 96.0 Å². The number of carbonyl (C=O) groups is 2. The van der Waals surface area contributed by atoms with Crippen molar-refractivity contribution in [2.75, 3.05) is 6.61 Å². The quantitative estimate of drug-likeness (QED) is 0.329. The topological polar surface area (TPSA) is 52.6 Å². The van der Waals surface area contributed by atoms with Gasteiger partial charge in [0.15, 0.2) is 0 Å².